The average Bonchev–Trinajstić information content (AvgIpc) is 2.37. The van der Waals surface area contributed by atoms with Crippen LogP contribution in [0.5, 0.6) is 5.75 Å². The summed E-state index contributed by atoms with van der Waals surface area (Å²) in [7, 11) is 0. The number of nitrogens with one attached hydrogen (secondary N) is 1. The van der Waals surface area contributed by atoms with Crippen molar-refractivity contribution in [3.63, 3.8) is 0 Å². The van der Waals surface area contributed by atoms with Gasteiger partial charge in [0.25, 0.3) is 0 Å². The van der Waals surface area contributed by atoms with Crippen LogP contribution < -0.4 is 5.32 Å². The van der Waals surface area contributed by atoms with Crippen LogP contribution in [0, 0.1) is 0 Å². The quantitative estimate of drug-likeness (QED) is 0.887. The van der Waals surface area contributed by atoms with Crippen LogP contribution in [0.4, 0.5) is 0 Å². The first-order valence-corrected chi connectivity index (χ1v) is 6.29. The van der Waals surface area contributed by atoms with E-state index in [2.05, 4.69) is 36.1 Å². The zero-order valence-electron chi connectivity index (χ0n) is 11.5. The van der Waals surface area contributed by atoms with Crippen LogP contribution in [0.15, 0.2) is 36.7 Å². The van der Waals surface area contributed by atoms with E-state index in [0.717, 1.165) is 17.7 Å². The number of aromatic nitrogens is 2. The average molecular weight is 257 g/mol. The molecule has 0 bridgehead atoms. The largest absolute Gasteiger partial charge is 0.508 e. The Kier molecular flexibility index (Phi) is 3.81. The lowest BCUT2D eigenvalue weighted by Crippen LogP contribution is -2.35. The number of benzene rings is 1. The lowest BCUT2D eigenvalue weighted by molar-refractivity contribution is 0.423. The van der Waals surface area contributed by atoms with Crippen LogP contribution in [0.3, 0.4) is 0 Å². The van der Waals surface area contributed by atoms with Gasteiger partial charge >= 0.3 is 0 Å². The van der Waals surface area contributed by atoms with E-state index in [0.29, 0.717) is 5.82 Å². The Morgan fingerprint density at radius 1 is 1.05 bits per heavy atom. The molecule has 19 heavy (non-hydrogen) atoms. The summed E-state index contributed by atoms with van der Waals surface area (Å²) in [5, 5.41) is 12.6. The minimum atomic E-state index is 0.0790. The highest BCUT2D eigenvalue weighted by atomic mass is 16.3. The van der Waals surface area contributed by atoms with E-state index in [4.69, 9.17) is 0 Å². The van der Waals surface area contributed by atoms with Crippen LogP contribution in [-0.4, -0.2) is 20.6 Å². The summed E-state index contributed by atoms with van der Waals surface area (Å²) in [4.78, 5) is 8.69. The number of hydrogen-bond donors (Lipinski definition) is 2. The van der Waals surface area contributed by atoms with Gasteiger partial charge in [-0.05, 0) is 45.0 Å². The van der Waals surface area contributed by atoms with Crippen molar-refractivity contribution in [3.8, 4) is 17.1 Å². The Labute approximate surface area is 113 Å². The molecule has 0 spiro atoms. The molecule has 0 amide bonds. The highest BCUT2D eigenvalue weighted by Crippen LogP contribution is 2.18. The van der Waals surface area contributed by atoms with Gasteiger partial charge in [0.05, 0.1) is 0 Å². The molecule has 4 nitrogen and oxygen atoms in total. The van der Waals surface area contributed by atoms with Crippen molar-refractivity contribution in [1.29, 1.82) is 0 Å². The molecule has 2 aromatic rings. The first kappa shape index (κ1) is 13.5. The molecule has 0 aliphatic carbocycles. The monoisotopic (exact) mass is 257 g/mol. The fraction of sp³-hybridized carbons (Fsp3) is 0.333. The topological polar surface area (TPSA) is 58.0 Å². The van der Waals surface area contributed by atoms with Gasteiger partial charge in [-0.15, -0.1) is 0 Å². The van der Waals surface area contributed by atoms with Crippen molar-refractivity contribution in [2.75, 3.05) is 0 Å². The molecule has 1 aromatic heterocycles. The first-order valence-electron chi connectivity index (χ1n) is 6.29. The van der Waals surface area contributed by atoms with Gasteiger partial charge < -0.3 is 10.4 Å². The van der Waals surface area contributed by atoms with E-state index in [9.17, 15) is 5.11 Å². The van der Waals surface area contributed by atoms with E-state index < -0.39 is 0 Å². The zero-order valence-corrected chi connectivity index (χ0v) is 11.5. The molecule has 2 N–H and O–H groups in total. The standard InChI is InChI=1S/C15H19N3O/c1-15(2,3)18-10-11-8-16-14(17-9-11)12-4-6-13(19)7-5-12/h4-9,18-19H,10H2,1-3H3. The summed E-state index contributed by atoms with van der Waals surface area (Å²) in [6.45, 7) is 7.12. The van der Waals surface area contributed by atoms with E-state index in [1.54, 1.807) is 24.3 Å². The second kappa shape index (κ2) is 5.36. The number of phenolic OH excluding ortho intramolecular Hbond substituents is 1. The highest BCUT2D eigenvalue weighted by Gasteiger charge is 2.09. The zero-order chi connectivity index (χ0) is 13.9. The number of phenols is 1. The molecule has 0 unspecified atom stereocenters. The molecule has 0 saturated heterocycles. The van der Waals surface area contributed by atoms with Gasteiger partial charge in [0.15, 0.2) is 5.82 Å². The summed E-state index contributed by atoms with van der Waals surface area (Å²) in [5.41, 5.74) is 2.03. The molecule has 0 aliphatic heterocycles. The highest BCUT2D eigenvalue weighted by molar-refractivity contribution is 5.55. The Morgan fingerprint density at radius 3 is 2.16 bits per heavy atom. The van der Waals surface area contributed by atoms with E-state index in [1.165, 1.54) is 0 Å². The predicted octanol–water partition coefficient (Wildman–Crippen LogP) is 2.74. The predicted molar refractivity (Wildman–Crippen MR) is 75.7 cm³/mol. The van der Waals surface area contributed by atoms with Crippen LogP contribution in [0.2, 0.25) is 0 Å². The molecule has 0 saturated carbocycles. The maximum absolute atomic E-state index is 9.24. The summed E-state index contributed by atoms with van der Waals surface area (Å²) in [6, 6.07) is 6.87. The van der Waals surface area contributed by atoms with Crippen molar-refractivity contribution < 1.29 is 5.11 Å². The number of nitrogens with zero attached hydrogens (tertiary/aromatic N) is 2. The summed E-state index contributed by atoms with van der Waals surface area (Å²) >= 11 is 0. The van der Waals surface area contributed by atoms with Gasteiger partial charge in [0.1, 0.15) is 5.75 Å². The number of aromatic hydroxyl groups is 1. The lowest BCUT2D eigenvalue weighted by Gasteiger charge is -2.20. The number of hydrogen-bond acceptors (Lipinski definition) is 4. The first-order chi connectivity index (χ1) is 8.94. The van der Waals surface area contributed by atoms with Crippen LogP contribution >= 0.6 is 0 Å². The summed E-state index contributed by atoms with van der Waals surface area (Å²) in [6.07, 6.45) is 3.65. The molecule has 2 rings (SSSR count). The van der Waals surface area contributed by atoms with Crippen molar-refractivity contribution in [1.82, 2.24) is 15.3 Å². The molecule has 100 valence electrons. The third-order valence-electron chi connectivity index (χ3n) is 2.65. The van der Waals surface area contributed by atoms with Crippen LogP contribution in [0.25, 0.3) is 11.4 Å². The Hall–Kier alpha value is -1.94. The van der Waals surface area contributed by atoms with Gasteiger partial charge in [0.2, 0.25) is 0 Å². The summed E-state index contributed by atoms with van der Waals surface area (Å²) in [5.74, 6) is 0.911. The van der Waals surface area contributed by atoms with Crippen molar-refractivity contribution >= 4 is 0 Å². The Bertz CT molecular complexity index is 527. The normalized spacial score (nSPS) is 11.5. The Morgan fingerprint density at radius 2 is 1.63 bits per heavy atom. The van der Waals surface area contributed by atoms with Gasteiger partial charge in [-0.3, -0.25) is 0 Å². The van der Waals surface area contributed by atoms with E-state index in [-0.39, 0.29) is 11.3 Å². The smallest absolute Gasteiger partial charge is 0.159 e. The van der Waals surface area contributed by atoms with E-state index >= 15 is 0 Å². The second-order valence-electron chi connectivity index (χ2n) is 5.57. The molecular weight excluding hydrogens is 238 g/mol. The van der Waals surface area contributed by atoms with Gasteiger partial charge in [0, 0.05) is 35.6 Å². The van der Waals surface area contributed by atoms with Gasteiger partial charge in [-0.2, -0.15) is 0 Å². The van der Waals surface area contributed by atoms with Gasteiger partial charge in [-0.25, -0.2) is 9.97 Å². The molecule has 0 atom stereocenters. The molecule has 0 aliphatic rings. The molecular formula is C15H19N3O. The molecule has 4 heteroatoms. The molecule has 1 aromatic carbocycles. The minimum Gasteiger partial charge on any atom is -0.508 e. The van der Waals surface area contributed by atoms with Gasteiger partial charge in [-0.1, -0.05) is 0 Å². The fourth-order valence-electron chi connectivity index (χ4n) is 1.57. The minimum absolute atomic E-state index is 0.0790. The van der Waals surface area contributed by atoms with Crippen LogP contribution in [0.1, 0.15) is 26.3 Å². The third-order valence-corrected chi connectivity index (χ3v) is 2.65. The third kappa shape index (κ3) is 4.03. The van der Waals surface area contributed by atoms with Crippen molar-refractivity contribution in [2.45, 2.75) is 32.9 Å². The van der Waals surface area contributed by atoms with Crippen LogP contribution in [-0.2, 0) is 6.54 Å². The summed E-state index contributed by atoms with van der Waals surface area (Å²) < 4.78 is 0. The maximum Gasteiger partial charge on any atom is 0.159 e. The molecule has 0 fully saturated rings. The molecule has 1 heterocycles. The van der Waals surface area contributed by atoms with Crippen molar-refractivity contribution in [2.24, 2.45) is 0 Å². The number of rotatable bonds is 3. The Balaban J connectivity index is 2.08. The van der Waals surface area contributed by atoms with Crippen molar-refractivity contribution in [3.05, 3.63) is 42.2 Å². The lowest BCUT2D eigenvalue weighted by atomic mass is 10.1. The SMILES string of the molecule is CC(C)(C)NCc1cnc(-c2ccc(O)cc2)nc1. The molecule has 0 radical (unpaired) electrons. The second-order valence-corrected chi connectivity index (χ2v) is 5.57. The fourth-order valence-corrected chi connectivity index (χ4v) is 1.57. The van der Waals surface area contributed by atoms with E-state index in [1.807, 2.05) is 12.4 Å². The maximum atomic E-state index is 9.24.